The van der Waals surface area contributed by atoms with Crippen LogP contribution in [-0.4, -0.2) is 30.3 Å². The molecule has 166 valence electrons. The van der Waals surface area contributed by atoms with Gasteiger partial charge in [0.2, 0.25) is 0 Å². The van der Waals surface area contributed by atoms with Gasteiger partial charge in [-0.05, 0) is 35.4 Å². The molecule has 1 aliphatic heterocycles. The molecule has 1 aliphatic rings. The van der Waals surface area contributed by atoms with Crippen LogP contribution in [0.3, 0.4) is 0 Å². The molecule has 0 saturated carbocycles. The largest absolute Gasteiger partial charge is 0.493 e. The second-order valence-corrected chi connectivity index (χ2v) is 8.35. The zero-order chi connectivity index (χ0) is 22.5. The summed E-state index contributed by atoms with van der Waals surface area (Å²) in [4.78, 5) is 14.5. The highest BCUT2D eigenvalue weighted by Crippen LogP contribution is 2.41. The number of urea groups is 1. The van der Waals surface area contributed by atoms with Crippen LogP contribution in [0.25, 0.3) is 0 Å². The first-order chi connectivity index (χ1) is 15.5. The van der Waals surface area contributed by atoms with E-state index in [9.17, 15) is 13.6 Å². The highest BCUT2D eigenvalue weighted by atomic mass is 32.2. The number of ether oxygens (including phenoxy) is 2. The zero-order valence-electron chi connectivity index (χ0n) is 17.4. The number of benzene rings is 3. The molecule has 0 aliphatic carbocycles. The van der Waals surface area contributed by atoms with Crippen LogP contribution in [-0.2, 0) is 6.61 Å². The predicted molar refractivity (Wildman–Crippen MR) is 121 cm³/mol. The van der Waals surface area contributed by atoms with Crippen molar-refractivity contribution in [2.75, 3.05) is 24.7 Å². The fraction of sp³-hybridized carbons (Fsp3) is 0.208. The van der Waals surface area contributed by atoms with Gasteiger partial charge in [0.05, 0.1) is 7.11 Å². The van der Waals surface area contributed by atoms with Gasteiger partial charge in [0.25, 0.3) is 0 Å². The SMILES string of the molecule is COc1ccc(C2SCCN2C(=O)Nc2ccc(F)c(F)c2)cc1OCc1ccccc1. The van der Waals surface area contributed by atoms with E-state index in [1.54, 1.807) is 23.8 Å². The van der Waals surface area contributed by atoms with Crippen molar-refractivity contribution in [1.82, 2.24) is 4.90 Å². The summed E-state index contributed by atoms with van der Waals surface area (Å²) in [5.74, 6) is -0.0283. The number of nitrogens with one attached hydrogen (secondary N) is 1. The van der Waals surface area contributed by atoms with Crippen LogP contribution in [0, 0.1) is 11.6 Å². The minimum Gasteiger partial charge on any atom is -0.493 e. The quantitative estimate of drug-likeness (QED) is 0.507. The molecular formula is C24H22F2N2O3S. The summed E-state index contributed by atoms with van der Waals surface area (Å²) in [5.41, 5.74) is 2.12. The first kappa shape index (κ1) is 22.0. The summed E-state index contributed by atoms with van der Waals surface area (Å²) >= 11 is 1.62. The number of methoxy groups -OCH3 is 1. The minimum absolute atomic E-state index is 0.200. The van der Waals surface area contributed by atoms with Gasteiger partial charge in [-0.25, -0.2) is 13.6 Å². The molecule has 0 bridgehead atoms. The second kappa shape index (κ2) is 9.91. The molecule has 0 radical (unpaired) electrons. The molecule has 3 aromatic carbocycles. The normalized spacial score (nSPS) is 15.5. The summed E-state index contributed by atoms with van der Waals surface area (Å²) in [6.07, 6.45) is 0. The number of thioether (sulfide) groups is 1. The molecule has 3 aromatic rings. The monoisotopic (exact) mass is 456 g/mol. The van der Waals surface area contributed by atoms with E-state index < -0.39 is 11.6 Å². The molecule has 2 amide bonds. The van der Waals surface area contributed by atoms with Crippen LogP contribution in [0.2, 0.25) is 0 Å². The van der Waals surface area contributed by atoms with Crippen molar-refractivity contribution in [2.24, 2.45) is 0 Å². The molecule has 1 N–H and O–H groups in total. The lowest BCUT2D eigenvalue weighted by Crippen LogP contribution is -2.34. The van der Waals surface area contributed by atoms with Crippen LogP contribution >= 0.6 is 11.8 Å². The van der Waals surface area contributed by atoms with Crippen molar-refractivity contribution in [3.8, 4) is 11.5 Å². The first-order valence-electron chi connectivity index (χ1n) is 10.0. The van der Waals surface area contributed by atoms with Crippen LogP contribution < -0.4 is 14.8 Å². The molecule has 0 aromatic heterocycles. The summed E-state index contributed by atoms with van der Waals surface area (Å²) in [6.45, 7) is 0.913. The number of nitrogens with zero attached hydrogens (tertiary/aromatic N) is 1. The highest BCUT2D eigenvalue weighted by Gasteiger charge is 2.31. The van der Waals surface area contributed by atoms with Crippen LogP contribution in [0.5, 0.6) is 11.5 Å². The lowest BCUT2D eigenvalue weighted by molar-refractivity contribution is 0.214. The van der Waals surface area contributed by atoms with Crippen LogP contribution in [0.4, 0.5) is 19.3 Å². The van der Waals surface area contributed by atoms with Gasteiger partial charge in [-0.2, -0.15) is 0 Å². The third-order valence-corrected chi connectivity index (χ3v) is 6.29. The Morgan fingerprint density at radius 1 is 1.06 bits per heavy atom. The molecule has 1 unspecified atom stereocenters. The standard InChI is InChI=1S/C24H22F2N2O3S/c1-30-21-10-7-17(13-22(21)31-15-16-5-3-2-4-6-16)23-28(11-12-32-23)24(29)27-18-8-9-19(25)20(26)14-18/h2-10,13-14,23H,11-12,15H2,1H3,(H,27,29). The Balaban J connectivity index is 1.51. The van der Waals surface area contributed by atoms with E-state index in [-0.39, 0.29) is 17.1 Å². The van der Waals surface area contributed by atoms with Crippen molar-refractivity contribution in [3.63, 3.8) is 0 Å². The molecular weight excluding hydrogens is 434 g/mol. The lowest BCUT2D eigenvalue weighted by atomic mass is 10.1. The Bertz CT molecular complexity index is 1100. The van der Waals surface area contributed by atoms with Gasteiger partial charge in [-0.1, -0.05) is 36.4 Å². The fourth-order valence-corrected chi connectivity index (χ4v) is 4.66. The second-order valence-electron chi connectivity index (χ2n) is 7.16. The Hall–Kier alpha value is -3.26. The number of carbonyl (C=O) groups excluding carboxylic acids is 1. The van der Waals surface area contributed by atoms with Gasteiger partial charge < -0.3 is 19.7 Å². The van der Waals surface area contributed by atoms with Crippen molar-refractivity contribution in [3.05, 3.63) is 89.5 Å². The van der Waals surface area contributed by atoms with Crippen molar-refractivity contribution < 1.29 is 23.0 Å². The molecule has 1 heterocycles. The Labute approximate surface area is 189 Å². The summed E-state index contributed by atoms with van der Waals surface area (Å²) in [7, 11) is 1.58. The highest BCUT2D eigenvalue weighted by molar-refractivity contribution is 7.99. The summed E-state index contributed by atoms with van der Waals surface area (Å²) in [5, 5.41) is 2.40. The zero-order valence-corrected chi connectivity index (χ0v) is 18.2. The topological polar surface area (TPSA) is 50.8 Å². The van der Waals surface area contributed by atoms with Crippen molar-refractivity contribution in [1.29, 1.82) is 0 Å². The van der Waals surface area contributed by atoms with Gasteiger partial charge in [0, 0.05) is 24.1 Å². The lowest BCUT2D eigenvalue weighted by Gasteiger charge is -2.25. The van der Waals surface area contributed by atoms with E-state index in [1.165, 1.54) is 6.07 Å². The number of carbonyl (C=O) groups is 1. The third kappa shape index (κ3) is 4.96. The number of amides is 2. The number of rotatable bonds is 6. The maximum atomic E-state index is 13.5. The molecule has 32 heavy (non-hydrogen) atoms. The number of hydrogen-bond donors (Lipinski definition) is 1. The molecule has 4 rings (SSSR count). The average Bonchev–Trinajstić information content (AvgIpc) is 3.31. The fourth-order valence-electron chi connectivity index (χ4n) is 3.42. The summed E-state index contributed by atoms with van der Waals surface area (Å²) < 4.78 is 38.1. The van der Waals surface area contributed by atoms with Crippen LogP contribution in [0.1, 0.15) is 16.5 Å². The van der Waals surface area contributed by atoms with Crippen LogP contribution in [0.15, 0.2) is 66.7 Å². The van der Waals surface area contributed by atoms with E-state index >= 15 is 0 Å². The first-order valence-corrected chi connectivity index (χ1v) is 11.1. The van der Waals surface area contributed by atoms with Gasteiger partial charge >= 0.3 is 6.03 Å². The van der Waals surface area contributed by atoms with E-state index in [4.69, 9.17) is 9.47 Å². The summed E-state index contributed by atoms with van der Waals surface area (Å²) in [6, 6.07) is 18.3. The van der Waals surface area contributed by atoms with Gasteiger partial charge in [-0.3, -0.25) is 0 Å². The minimum atomic E-state index is -1.01. The molecule has 1 fully saturated rings. The molecule has 5 nitrogen and oxygen atoms in total. The molecule has 1 saturated heterocycles. The van der Waals surface area contributed by atoms with Gasteiger partial charge in [-0.15, -0.1) is 11.8 Å². The maximum absolute atomic E-state index is 13.5. The smallest absolute Gasteiger partial charge is 0.323 e. The third-order valence-electron chi connectivity index (χ3n) is 5.03. The van der Waals surface area contributed by atoms with E-state index in [1.807, 2.05) is 48.5 Å². The maximum Gasteiger partial charge on any atom is 0.323 e. The van der Waals surface area contributed by atoms with Crippen molar-refractivity contribution >= 4 is 23.5 Å². The van der Waals surface area contributed by atoms with E-state index in [0.29, 0.717) is 24.7 Å². The van der Waals surface area contributed by atoms with E-state index in [2.05, 4.69) is 5.32 Å². The number of hydrogen-bond acceptors (Lipinski definition) is 4. The Morgan fingerprint density at radius 3 is 2.62 bits per heavy atom. The molecule has 1 atom stereocenters. The number of anilines is 1. The Morgan fingerprint density at radius 2 is 1.88 bits per heavy atom. The van der Waals surface area contributed by atoms with Gasteiger partial charge in [0.1, 0.15) is 12.0 Å². The molecule has 0 spiro atoms. The van der Waals surface area contributed by atoms with E-state index in [0.717, 1.165) is 29.0 Å². The Kier molecular flexibility index (Phi) is 6.80. The van der Waals surface area contributed by atoms with Gasteiger partial charge in [0.15, 0.2) is 23.1 Å². The number of halogens is 2. The molecule has 8 heteroatoms. The predicted octanol–water partition coefficient (Wildman–Crippen LogP) is 5.83. The average molecular weight is 457 g/mol. The van der Waals surface area contributed by atoms with Crippen molar-refractivity contribution in [2.45, 2.75) is 12.0 Å².